The van der Waals surface area contributed by atoms with Crippen LogP contribution in [0.2, 0.25) is 0 Å². The maximum atomic E-state index is 11.4. The van der Waals surface area contributed by atoms with Gasteiger partial charge in [-0.3, -0.25) is 0 Å². The minimum atomic E-state index is -3.63. The summed E-state index contributed by atoms with van der Waals surface area (Å²) >= 11 is 0. The summed E-state index contributed by atoms with van der Waals surface area (Å²) in [7, 11) is -1.49. The molecule has 1 fully saturated rings. The lowest BCUT2D eigenvalue weighted by Crippen LogP contribution is -2.27. The van der Waals surface area contributed by atoms with Crippen LogP contribution in [0.3, 0.4) is 0 Å². The van der Waals surface area contributed by atoms with Crippen molar-refractivity contribution in [2.75, 3.05) is 26.7 Å². The Morgan fingerprint density at radius 2 is 2.25 bits per heavy atom. The van der Waals surface area contributed by atoms with Crippen LogP contribution in [0.15, 0.2) is 29.2 Å². The van der Waals surface area contributed by atoms with Crippen LogP contribution in [0.25, 0.3) is 0 Å². The highest BCUT2D eigenvalue weighted by Crippen LogP contribution is 2.18. The minimum absolute atomic E-state index is 0.114. The van der Waals surface area contributed by atoms with Gasteiger partial charge >= 0.3 is 0 Å². The van der Waals surface area contributed by atoms with Crippen LogP contribution in [0.4, 0.5) is 0 Å². The number of nitrogens with two attached hydrogens (primary N) is 1. The largest absolute Gasteiger partial charge is 0.310 e. The Morgan fingerprint density at radius 1 is 1.50 bits per heavy atom. The summed E-state index contributed by atoms with van der Waals surface area (Å²) in [6.45, 7) is 5.27. The zero-order valence-corrected chi connectivity index (χ0v) is 12.9. The third-order valence-corrected chi connectivity index (χ3v) is 4.80. The molecular weight excluding hydrogens is 274 g/mol. The Balaban J connectivity index is 1.97. The predicted octanol–water partition coefficient (Wildman–Crippen LogP) is 0.936. The summed E-state index contributed by atoms with van der Waals surface area (Å²) in [4.78, 5) is 2.50. The zero-order valence-electron chi connectivity index (χ0n) is 12.0. The van der Waals surface area contributed by atoms with Crippen molar-refractivity contribution >= 4 is 10.0 Å². The summed E-state index contributed by atoms with van der Waals surface area (Å²) in [5.74, 6) is 0.670. The van der Waals surface area contributed by atoms with E-state index < -0.39 is 10.0 Å². The van der Waals surface area contributed by atoms with E-state index in [0.29, 0.717) is 5.92 Å². The van der Waals surface area contributed by atoms with Gasteiger partial charge < -0.3 is 10.2 Å². The van der Waals surface area contributed by atoms with Gasteiger partial charge in [-0.25, -0.2) is 13.6 Å². The Morgan fingerprint density at radius 3 is 2.85 bits per heavy atom. The highest BCUT2D eigenvalue weighted by molar-refractivity contribution is 7.89. The molecule has 0 amide bonds. The number of sulfonamides is 1. The fourth-order valence-electron chi connectivity index (χ4n) is 2.62. The molecule has 1 saturated heterocycles. The van der Waals surface area contributed by atoms with Crippen LogP contribution in [0.1, 0.15) is 24.9 Å². The SMILES string of the molecule is CC(NCC1CCN(C)C1)c1cccc(S(N)(=O)=O)c1. The number of hydrogen-bond donors (Lipinski definition) is 2. The first-order valence-electron chi connectivity index (χ1n) is 6.91. The van der Waals surface area contributed by atoms with Gasteiger partial charge in [0.05, 0.1) is 4.90 Å². The van der Waals surface area contributed by atoms with E-state index in [1.165, 1.54) is 12.5 Å². The molecule has 1 aliphatic heterocycles. The highest BCUT2D eigenvalue weighted by atomic mass is 32.2. The molecule has 0 bridgehead atoms. The van der Waals surface area contributed by atoms with Crippen molar-refractivity contribution < 1.29 is 8.42 Å². The first-order chi connectivity index (χ1) is 9.36. The summed E-state index contributed by atoms with van der Waals surface area (Å²) in [6, 6.07) is 6.94. The van der Waals surface area contributed by atoms with Crippen molar-refractivity contribution in [3.8, 4) is 0 Å². The molecule has 1 heterocycles. The normalized spacial score (nSPS) is 22.1. The Kier molecular flexibility index (Phi) is 4.80. The molecule has 3 N–H and O–H groups in total. The summed E-state index contributed by atoms with van der Waals surface area (Å²) in [5.41, 5.74) is 0.947. The lowest BCUT2D eigenvalue weighted by atomic mass is 10.1. The molecule has 0 radical (unpaired) electrons. The van der Waals surface area contributed by atoms with E-state index in [4.69, 9.17) is 5.14 Å². The fourth-order valence-corrected chi connectivity index (χ4v) is 3.18. The predicted molar refractivity (Wildman–Crippen MR) is 79.8 cm³/mol. The smallest absolute Gasteiger partial charge is 0.238 e. The number of primary sulfonamides is 1. The standard InChI is InChI=1S/C14H23N3O2S/c1-11(16-9-12-6-7-17(2)10-12)13-4-3-5-14(8-13)20(15,18)19/h3-5,8,11-12,16H,6-7,9-10H2,1-2H3,(H2,15,18,19). The molecule has 1 aromatic carbocycles. The third kappa shape index (κ3) is 4.02. The molecule has 2 rings (SSSR count). The van der Waals surface area contributed by atoms with Gasteiger partial charge in [-0.15, -0.1) is 0 Å². The maximum Gasteiger partial charge on any atom is 0.238 e. The van der Waals surface area contributed by atoms with Crippen LogP contribution in [-0.2, 0) is 10.0 Å². The molecule has 0 saturated carbocycles. The van der Waals surface area contributed by atoms with Crippen LogP contribution in [0, 0.1) is 5.92 Å². The molecule has 5 nitrogen and oxygen atoms in total. The fraction of sp³-hybridized carbons (Fsp3) is 0.571. The van der Waals surface area contributed by atoms with Crippen molar-refractivity contribution in [3.05, 3.63) is 29.8 Å². The average Bonchev–Trinajstić information content (AvgIpc) is 2.81. The van der Waals surface area contributed by atoms with Gasteiger partial charge in [-0.2, -0.15) is 0 Å². The van der Waals surface area contributed by atoms with Crippen LogP contribution in [-0.4, -0.2) is 40.0 Å². The quantitative estimate of drug-likeness (QED) is 0.848. The van der Waals surface area contributed by atoms with Gasteiger partial charge in [0.1, 0.15) is 0 Å². The van der Waals surface area contributed by atoms with Gasteiger partial charge in [0.25, 0.3) is 0 Å². The van der Waals surface area contributed by atoms with E-state index in [1.54, 1.807) is 12.1 Å². The Labute approximate surface area is 121 Å². The van der Waals surface area contributed by atoms with Crippen LogP contribution < -0.4 is 10.5 Å². The molecule has 1 aliphatic rings. The molecule has 1 aromatic rings. The molecule has 6 heteroatoms. The van der Waals surface area contributed by atoms with Crippen molar-refractivity contribution in [2.24, 2.45) is 11.1 Å². The van der Waals surface area contributed by atoms with E-state index in [0.717, 1.165) is 25.2 Å². The Bertz CT molecular complexity index is 559. The summed E-state index contributed by atoms with van der Waals surface area (Å²) < 4.78 is 22.7. The maximum absolute atomic E-state index is 11.4. The van der Waals surface area contributed by atoms with E-state index >= 15 is 0 Å². The van der Waals surface area contributed by atoms with Gasteiger partial charge in [0.2, 0.25) is 10.0 Å². The lowest BCUT2D eigenvalue weighted by molar-refractivity contribution is 0.382. The molecule has 0 aromatic heterocycles. The Hall–Kier alpha value is -0.950. The molecule has 0 spiro atoms. The molecule has 2 atom stereocenters. The third-order valence-electron chi connectivity index (χ3n) is 3.89. The number of likely N-dealkylation sites (tertiary alicyclic amines) is 1. The second-order valence-corrected chi connectivity index (χ2v) is 7.23. The number of nitrogens with one attached hydrogen (secondary N) is 1. The summed E-state index contributed by atoms with van der Waals surface area (Å²) in [5, 5.41) is 8.64. The first kappa shape index (κ1) is 15.4. The lowest BCUT2D eigenvalue weighted by Gasteiger charge is -2.18. The van der Waals surface area contributed by atoms with Crippen molar-refractivity contribution in [3.63, 3.8) is 0 Å². The highest BCUT2D eigenvalue weighted by Gasteiger charge is 2.20. The number of hydrogen-bond acceptors (Lipinski definition) is 4. The van der Waals surface area contributed by atoms with E-state index in [2.05, 4.69) is 17.3 Å². The zero-order chi connectivity index (χ0) is 14.8. The van der Waals surface area contributed by atoms with Crippen molar-refractivity contribution in [1.82, 2.24) is 10.2 Å². The van der Waals surface area contributed by atoms with Crippen molar-refractivity contribution in [1.29, 1.82) is 0 Å². The monoisotopic (exact) mass is 297 g/mol. The number of benzene rings is 1. The second kappa shape index (κ2) is 6.22. The van der Waals surface area contributed by atoms with Gasteiger partial charge in [-0.1, -0.05) is 12.1 Å². The molecule has 2 unspecified atom stereocenters. The average molecular weight is 297 g/mol. The molecular formula is C14H23N3O2S. The van der Waals surface area contributed by atoms with E-state index in [9.17, 15) is 8.42 Å². The molecule has 0 aliphatic carbocycles. The van der Waals surface area contributed by atoms with Crippen LogP contribution >= 0.6 is 0 Å². The second-order valence-electron chi connectivity index (χ2n) is 5.66. The molecule has 20 heavy (non-hydrogen) atoms. The van der Waals surface area contributed by atoms with Crippen LogP contribution in [0.5, 0.6) is 0 Å². The number of rotatable bonds is 5. The van der Waals surface area contributed by atoms with Crippen molar-refractivity contribution in [2.45, 2.75) is 24.3 Å². The topological polar surface area (TPSA) is 75.4 Å². The number of nitrogens with zero attached hydrogens (tertiary/aromatic N) is 1. The van der Waals surface area contributed by atoms with Gasteiger partial charge in [-0.05, 0) is 57.1 Å². The van der Waals surface area contributed by atoms with Gasteiger partial charge in [0, 0.05) is 12.6 Å². The van der Waals surface area contributed by atoms with Gasteiger partial charge in [0.15, 0.2) is 0 Å². The van der Waals surface area contributed by atoms with E-state index in [-0.39, 0.29) is 10.9 Å². The van der Waals surface area contributed by atoms with E-state index in [1.807, 2.05) is 13.0 Å². The summed E-state index contributed by atoms with van der Waals surface area (Å²) in [6.07, 6.45) is 1.22. The minimum Gasteiger partial charge on any atom is -0.310 e. The first-order valence-corrected chi connectivity index (χ1v) is 8.45. The molecule has 112 valence electrons.